The van der Waals surface area contributed by atoms with Crippen LogP contribution < -0.4 is 10.2 Å². The van der Waals surface area contributed by atoms with Gasteiger partial charge in [0, 0.05) is 56.8 Å². The quantitative estimate of drug-likeness (QED) is 0.659. The number of anilines is 1. The van der Waals surface area contributed by atoms with Crippen molar-refractivity contribution >= 4 is 28.0 Å². The molecular formula is C27H35N3O4S. The number of nitrogens with zero attached hydrogens (tertiary/aromatic N) is 2. The van der Waals surface area contributed by atoms with E-state index in [2.05, 4.69) is 35.0 Å². The summed E-state index contributed by atoms with van der Waals surface area (Å²) in [6.07, 6.45) is 1.44. The summed E-state index contributed by atoms with van der Waals surface area (Å²) in [5, 5.41) is 4.21. The summed E-state index contributed by atoms with van der Waals surface area (Å²) in [6, 6.07) is 7.89. The first-order chi connectivity index (χ1) is 16.9. The maximum atomic E-state index is 13.1. The molecule has 0 atom stereocenters. The molecule has 2 saturated heterocycles. The average molecular weight is 498 g/mol. The van der Waals surface area contributed by atoms with Crippen molar-refractivity contribution in [3.8, 4) is 11.1 Å². The van der Waals surface area contributed by atoms with Crippen molar-refractivity contribution in [2.45, 2.75) is 26.7 Å². The van der Waals surface area contributed by atoms with Gasteiger partial charge in [0.05, 0.1) is 36.3 Å². The van der Waals surface area contributed by atoms with E-state index in [0.29, 0.717) is 31.7 Å². The number of benzene rings is 1. The Morgan fingerprint density at radius 1 is 1.06 bits per heavy atom. The van der Waals surface area contributed by atoms with E-state index >= 15 is 0 Å². The third kappa shape index (κ3) is 5.45. The lowest BCUT2D eigenvalue weighted by Crippen LogP contribution is -2.41. The predicted molar refractivity (Wildman–Crippen MR) is 139 cm³/mol. The zero-order chi connectivity index (χ0) is 24.4. The highest BCUT2D eigenvalue weighted by Crippen LogP contribution is 2.49. The number of carbonyl (C=O) groups is 2. The van der Waals surface area contributed by atoms with Crippen LogP contribution in [0.5, 0.6) is 0 Å². The van der Waals surface area contributed by atoms with Gasteiger partial charge in [0.25, 0.3) is 5.91 Å². The molecule has 0 unspecified atom stereocenters. The van der Waals surface area contributed by atoms with Gasteiger partial charge in [-0.2, -0.15) is 0 Å². The molecule has 1 aromatic heterocycles. The molecule has 35 heavy (non-hydrogen) atoms. The average Bonchev–Trinajstić information content (AvgIpc) is 3.24. The van der Waals surface area contributed by atoms with Gasteiger partial charge in [-0.05, 0) is 35.1 Å². The Labute approximate surface area is 211 Å². The standard InChI is InChI=1S/C27H35N3O4S/c1-27(2)17-21-23(26(30-10-14-34-15-11-30)35-24(21)22(31)18-27)19-4-3-5-20(16-19)25(32)28-6-7-29-8-12-33-13-9-29/h3-5,16H,6-15,17-18H2,1-2H3,(H,28,32). The molecule has 1 amide bonds. The number of hydrogen-bond acceptors (Lipinski definition) is 7. The fourth-order valence-corrected chi connectivity index (χ4v) is 6.59. The molecule has 3 heterocycles. The van der Waals surface area contributed by atoms with Crippen LogP contribution in [0.3, 0.4) is 0 Å². The van der Waals surface area contributed by atoms with Gasteiger partial charge in [-0.3, -0.25) is 14.5 Å². The van der Waals surface area contributed by atoms with Crippen molar-refractivity contribution < 1.29 is 19.1 Å². The van der Waals surface area contributed by atoms with E-state index in [-0.39, 0.29) is 17.1 Å². The minimum absolute atomic E-state index is 0.0615. The second-order valence-corrected chi connectivity index (χ2v) is 11.4. The molecule has 0 saturated carbocycles. The molecule has 188 valence electrons. The van der Waals surface area contributed by atoms with E-state index in [4.69, 9.17) is 9.47 Å². The number of rotatable bonds is 6. The molecule has 2 fully saturated rings. The molecule has 8 heteroatoms. The fourth-order valence-electron chi connectivity index (χ4n) is 5.26. The number of nitrogens with one attached hydrogen (secondary N) is 1. The van der Waals surface area contributed by atoms with E-state index in [1.165, 1.54) is 0 Å². The van der Waals surface area contributed by atoms with Crippen LogP contribution in [0.25, 0.3) is 11.1 Å². The van der Waals surface area contributed by atoms with Crippen LogP contribution in [-0.2, 0) is 15.9 Å². The first-order valence-electron chi connectivity index (χ1n) is 12.6. The summed E-state index contributed by atoms with van der Waals surface area (Å²) in [4.78, 5) is 31.6. The predicted octanol–water partition coefficient (Wildman–Crippen LogP) is 3.47. The Bertz CT molecular complexity index is 1080. The van der Waals surface area contributed by atoms with Crippen molar-refractivity contribution in [3.05, 3.63) is 40.3 Å². The van der Waals surface area contributed by atoms with Crippen LogP contribution in [0.4, 0.5) is 5.00 Å². The zero-order valence-corrected chi connectivity index (χ0v) is 21.5. The highest BCUT2D eigenvalue weighted by atomic mass is 32.1. The van der Waals surface area contributed by atoms with E-state index < -0.39 is 0 Å². The second-order valence-electron chi connectivity index (χ2n) is 10.4. The molecule has 7 nitrogen and oxygen atoms in total. The first-order valence-corrected chi connectivity index (χ1v) is 13.4. The summed E-state index contributed by atoms with van der Waals surface area (Å²) in [6.45, 7) is 12.1. The summed E-state index contributed by atoms with van der Waals surface area (Å²) < 4.78 is 11.0. The monoisotopic (exact) mass is 497 g/mol. The molecule has 1 N–H and O–H groups in total. The third-order valence-electron chi connectivity index (χ3n) is 7.07. The Hall–Kier alpha value is -2.26. The Balaban J connectivity index is 1.42. The number of ether oxygens (including phenoxy) is 2. The fraction of sp³-hybridized carbons (Fsp3) is 0.556. The lowest BCUT2D eigenvalue weighted by molar-refractivity contribution is 0.0383. The van der Waals surface area contributed by atoms with E-state index in [1.807, 2.05) is 18.2 Å². The molecule has 5 rings (SSSR count). The molecule has 1 aliphatic carbocycles. The minimum Gasteiger partial charge on any atom is -0.379 e. The van der Waals surface area contributed by atoms with Crippen LogP contribution in [-0.4, -0.2) is 82.3 Å². The number of morpholine rings is 2. The van der Waals surface area contributed by atoms with Gasteiger partial charge >= 0.3 is 0 Å². The highest BCUT2D eigenvalue weighted by molar-refractivity contribution is 7.19. The smallest absolute Gasteiger partial charge is 0.251 e. The summed E-state index contributed by atoms with van der Waals surface area (Å²) in [7, 11) is 0. The molecule has 0 bridgehead atoms. The van der Waals surface area contributed by atoms with Crippen molar-refractivity contribution in [1.82, 2.24) is 10.2 Å². The van der Waals surface area contributed by atoms with Crippen molar-refractivity contribution in [2.24, 2.45) is 5.41 Å². The Morgan fingerprint density at radius 3 is 2.51 bits per heavy atom. The van der Waals surface area contributed by atoms with Crippen LogP contribution in [0, 0.1) is 5.41 Å². The summed E-state index contributed by atoms with van der Waals surface area (Å²) in [5.41, 5.74) is 3.85. The van der Waals surface area contributed by atoms with Gasteiger partial charge < -0.3 is 19.7 Å². The number of Topliss-reactive ketones (excluding diaryl/α,β-unsaturated/α-hetero) is 1. The van der Waals surface area contributed by atoms with Crippen LogP contribution in [0.2, 0.25) is 0 Å². The van der Waals surface area contributed by atoms with Gasteiger partial charge in [-0.15, -0.1) is 11.3 Å². The molecule has 0 spiro atoms. The molecule has 3 aliphatic rings. The van der Waals surface area contributed by atoms with Gasteiger partial charge in [-0.1, -0.05) is 26.0 Å². The van der Waals surface area contributed by atoms with Gasteiger partial charge in [-0.25, -0.2) is 0 Å². The largest absolute Gasteiger partial charge is 0.379 e. The summed E-state index contributed by atoms with van der Waals surface area (Å²) in [5.74, 6) is 0.174. The summed E-state index contributed by atoms with van der Waals surface area (Å²) >= 11 is 1.62. The second kappa shape index (κ2) is 10.4. The number of fused-ring (bicyclic) bond motifs is 1. The zero-order valence-electron chi connectivity index (χ0n) is 20.7. The number of thiophene rings is 1. The highest BCUT2D eigenvalue weighted by Gasteiger charge is 2.37. The van der Waals surface area contributed by atoms with Crippen molar-refractivity contribution in [1.29, 1.82) is 0 Å². The minimum atomic E-state index is -0.0728. The lowest BCUT2D eigenvalue weighted by atomic mass is 9.75. The molecule has 1 aromatic carbocycles. The van der Waals surface area contributed by atoms with E-state index in [1.54, 1.807) is 11.3 Å². The molecule has 0 radical (unpaired) electrons. The van der Waals surface area contributed by atoms with Crippen molar-refractivity contribution in [3.63, 3.8) is 0 Å². The molecule has 2 aliphatic heterocycles. The number of carbonyl (C=O) groups excluding carboxylic acids is 2. The SMILES string of the molecule is CC1(C)CC(=O)c2sc(N3CCOCC3)c(-c3cccc(C(=O)NCCN4CCOCC4)c3)c2C1. The number of hydrogen-bond donors (Lipinski definition) is 1. The van der Waals surface area contributed by atoms with Crippen LogP contribution >= 0.6 is 11.3 Å². The van der Waals surface area contributed by atoms with Gasteiger partial charge in [0.2, 0.25) is 0 Å². The maximum Gasteiger partial charge on any atom is 0.251 e. The first kappa shape index (κ1) is 24.4. The van der Waals surface area contributed by atoms with Crippen LogP contribution in [0.15, 0.2) is 24.3 Å². The van der Waals surface area contributed by atoms with Gasteiger partial charge in [0.1, 0.15) is 0 Å². The third-order valence-corrected chi connectivity index (χ3v) is 8.40. The Kier molecular flexibility index (Phi) is 7.25. The van der Waals surface area contributed by atoms with Gasteiger partial charge in [0.15, 0.2) is 5.78 Å². The molecule has 2 aromatic rings. The number of ketones is 1. The van der Waals surface area contributed by atoms with E-state index in [9.17, 15) is 9.59 Å². The maximum absolute atomic E-state index is 13.1. The Morgan fingerprint density at radius 2 is 1.77 bits per heavy atom. The van der Waals surface area contributed by atoms with E-state index in [0.717, 1.165) is 78.9 Å². The normalized spacial score (nSPS) is 20.5. The lowest BCUT2D eigenvalue weighted by Gasteiger charge is -2.30. The topological polar surface area (TPSA) is 71.1 Å². The number of amides is 1. The van der Waals surface area contributed by atoms with Crippen molar-refractivity contribution in [2.75, 3.05) is 70.6 Å². The van der Waals surface area contributed by atoms with Crippen LogP contribution in [0.1, 0.15) is 45.9 Å². The molecular weight excluding hydrogens is 462 g/mol.